The van der Waals surface area contributed by atoms with Gasteiger partial charge in [0.2, 0.25) is 0 Å². The van der Waals surface area contributed by atoms with Crippen LogP contribution < -0.4 is 0 Å². The Morgan fingerprint density at radius 2 is 1.91 bits per heavy atom. The molecule has 1 rings (SSSR count). The zero-order valence-electron chi connectivity index (χ0n) is 7.96. The van der Waals surface area contributed by atoms with Crippen LogP contribution in [0.4, 0.5) is 0 Å². The first-order chi connectivity index (χ1) is 4.98. The molecule has 1 fully saturated rings. The summed E-state index contributed by atoms with van der Waals surface area (Å²) in [6.45, 7) is 9.22. The van der Waals surface area contributed by atoms with Crippen LogP contribution in [0.1, 0.15) is 34.1 Å². The largest absolute Gasteiger partial charge is 0.396 e. The van der Waals surface area contributed by atoms with Crippen LogP contribution >= 0.6 is 0 Å². The second kappa shape index (κ2) is 2.76. The normalized spacial score (nSPS) is 37.4. The minimum atomic E-state index is 0.277. The highest BCUT2D eigenvalue weighted by molar-refractivity contribution is 5.04. The van der Waals surface area contributed by atoms with E-state index in [-0.39, 0.29) is 5.54 Å². The van der Waals surface area contributed by atoms with Gasteiger partial charge in [0.25, 0.3) is 0 Å². The van der Waals surface area contributed by atoms with Crippen molar-refractivity contribution in [1.29, 1.82) is 0 Å². The molecule has 1 heterocycles. The number of aliphatic hydroxyl groups excluding tert-OH is 1. The third-order valence-corrected chi connectivity index (χ3v) is 2.46. The van der Waals surface area contributed by atoms with Crippen LogP contribution in [0.3, 0.4) is 0 Å². The van der Waals surface area contributed by atoms with E-state index in [9.17, 15) is 0 Å². The molecule has 1 saturated heterocycles. The molecule has 0 amide bonds. The summed E-state index contributed by atoms with van der Waals surface area (Å²) in [4.78, 5) is 2.45. The van der Waals surface area contributed by atoms with E-state index >= 15 is 0 Å². The Bertz CT molecular complexity index is 139. The van der Waals surface area contributed by atoms with Crippen LogP contribution in [-0.4, -0.2) is 34.2 Å². The van der Waals surface area contributed by atoms with E-state index < -0.39 is 0 Å². The van der Waals surface area contributed by atoms with Crippen LogP contribution in [0.5, 0.6) is 0 Å². The maximum Gasteiger partial charge on any atom is 0.0446 e. The minimum absolute atomic E-state index is 0.277. The van der Waals surface area contributed by atoms with Gasteiger partial charge in [-0.05, 0) is 34.1 Å². The van der Waals surface area contributed by atoms with Gasteiger partial charge in [-0.2, -0.15) is 0 Å². The molecule has 2 heteroatoms. The van der Waals surface area contributed by atoms with Gasteiger partial charge >= 0.3 is 0 Å². The fourth-order valence-corrected chi connectivity index (χ4v) is 2.03. The number of hydrogen-bond acceptors (Lipinski definition) is 2. The van der Waals surface area contributed by atoms with E-state index in [0.29, 0.717) is 18.7 Å². The van der Waals surface area contributed by atoms with Crippen molar-refractivity contribution in [2.24, 2.45) is 0 Å². The molecular weight excluding hydrogens is 138 g/mol. The Hall–Kier alpha value is -0.0800. The second-order valence-electron chi connectivity index (χ2n) is 4.40. The summed E-state index contributed by atoms with van der Waals surface area (Å²) in [7, 11) is 0. The summed E-state index contributed by atoms with van der Waals surface area (Å²) in [6.07, 6.45) is 0.929. The first-order valence-electron chi connectivity index (χ1n) is 4.38. The lowest BCUT2D eigenvalue weighted by molar-refractivity contribution is 0.240. The van der Waals surface area contributed by atoms with Crippen LogP contribution in [-0.2, 0) is 0 Å². The molecule has 2 nitrogen and oxygen atoms in total. The van der Waals surface area contributed by atoms with Gasteiger partial charge in [0, 0.05) is 24.2 Å². The van der Waals surface area contributed by atoms with Gasteiger partial charge in [0.05, 0.1) is 0 Å². The van der Waals surface area contributed by atoms with Crippen LogP contribution in [0.25, 0.3) is 0 Å². The molecule has 1 aliphatic heterocycles. The van der Waals surface area contributed by atoms with Crippen molar-refractivity contribution in [3.05, 3.63) is 0 Å². The summed E-state index contributed by atoms with van der Waals surface area (Å²) in [5, 5.41) is 8.75. The predicted octanol–water partition coefficient (Wildman–Crippen LogP) is 1.24. The first kappa shape index (κ1) is 9.01. The van der Waals surface area contributed by atoms with Gasteiger partial charge in [-0.25, -0.2) is 0 Å². The lowest BCUT2D eigenvalue weighted by Crippen LogP contribution is -2.28. The van der Waals surface area contributed by atoms with E-state index in [1.807, 2.05) is 0 Å². The zero-order valence-corrected chi connectivity index (χ0v) is 7.96. The Kier molecular flexibility index (Phi) is 2.26. The zero-order chi connectivity index (χ0) is 8.65. The van der Waals surface area contributed by atoms with Crippen LogP contribution in [0.15, 0.2) is 0 Å². The van der Waals surface area contributed by atoms with Crippen molar-refractivity contribution in [3.8, 4) is 0 Å². The summed E-state index contributed by atoms with van der Waals surface area (Å²) < 4.78 is 0. The molecule has 0 aromatic rings. The Balaban J connectivity index is 2.41. The van der Waals surface area contributed by atoms with Crippen molar-refractivity contribution in [2.45, 2.75) is 51.7 Å². The maximum atomic E-state index is 8.75. The van der Waals surface area contributed by atoms with Crippen molar-refractivity contribution in [3.63, 3.8) is 0 Å². The highest BCUT2D eigenvalue weighted by Crippen LogP contribution is 2.38. The third-order valence-electron chi connectivity index (χ3n) is 2.46. The Labute approximate surface area is 69.2 Å². The fraction of sp³-hybridized carbons (Fsp3) is 1.00. The minimum Gasteiger partial charge on any atom is -0.396 e. The standard InChI is InChI=1S/C9H19NO/c1-7-8(5-6-11)10(7)9(2,3)4/h7-8,11H,5-6H2,1-4H3. The summed E-state index contributed by atoms with van der Waals surface area (Å²) in [5.74, 6) is 0. The van der Waals surface area contributed by atoms with Gasteiger partial charge in [0.15, 0.2) is 0 Å². The van der Waals surface area contributed by atoms with E-state index in [1.165, 1.54) is 0 Å². The monoisotopic (exact) mass is 157 g/mol. The number of nitrogens with zero attached hydrogens (tertiary/aromatic N) is 1. The average molecular weight is 157 g/mol. The molecule has 0 spiro atoms. The molecule has 0 aromatic heterocycles. The Morgan fingerprint density at radius 3 is 2.18 bits per heavy atom. The molecule has 1 N–H and O–H groups in total. The smallest absolute Gasteiger partial charge is 0.0446 e. The maximum absolute atomic E-state index is 8.75. The van der Waals surface area contributed by atoms with Gasteiger partial charge in [-0.1, -0.05) is 0 Å². The second-order valence-corrected chi connectivity index (χ2v) is 4.40. The molecule has 0 aliphatic carbocycles. The molecule has 3 atom stereocenters. The summed E-state index contributed by atoms with van der Waals surface area (Å²) in [6, 6.07) is 1.29. The molecule has 0 saturated carbocycles. The quantitative estimate of drug-likeness (QED) is 0.610. The molecule has 0 radical (unpaired) electrons. The lowest BCUT2D eigenvalue weighted by Gasteiger charge is -2.21. The van der Waals surface area contributed by atoms with Crippen molar-refractivity contribution < 1.29 is 5.11 Å². The molecule has 3 unspecified atom stereocenters. The van der Waals surface area contributed by atoms with Gasteiger partial charge in [-0.3, -0.25) is 4.90 Å². The topological polar surface area (TPSA) is 23.2 Å². The van der Waals surface area contributed by atoms with Crippen LogP contribution in [0, 0.1) is 0 Å². The van der Waals surface area contributed by atoms with Crippen molar-refractivity contribution in [1.82, 2.24) is 4.90 Å². The predicted molar refractivity (Wildman–Crippen MR) is 46.5 cm³/mol. The van der Waals surface area contributed by atoms with E-state index in [4.69, 9.17) is 5.11 Å². The van der Waals surface area contributed by atoms with E-state index in [0.717, 1.165) is 6.42 Å². The van der Waals surface area contributed by atoms with Crippen molar-refractivity contribution in [2.75, 3.05) is 6.61 Å². The lowest BCUT2D eigenvalue weighted by atomic mass is 10.1. The number of aliphatic hydroxyl groups is 1. The Morgan fingerprint density at radius 1 is 1.36 bits per heavy atom. The van der Waals surface area contributed by atoms with Gasteiger partial charge in [-0.15, -0.1) is 0 Å². The molecular formula is C9H19NO. The number of hydrogen-bond donors (Lipinski definition) is 1. The van der Waals surface area contributed by atoms with Gasteiger partial charge in [0.1, 0.15) is 0 Å². The average Bonchev–Trinajstić information content (AvgIpc) is 2.41. The van der Waals surface area contributed by atoms with Crippen LogP contribution in [0.2, 0.25) is 0 Å². The third kappa shape index (κ3) is 1.74. The molecule has 66 valence electrons. The van der Waals surface area contributed by atoms with Crippen molar-refractivity contribution >= 4 is 0 Å². The molecule has 11 heavy (non-hydrogen) atoms. The summed E-state index contributed by atoms with van der Waals surface area (Å²) >= 11 is 0. The number of rotatable bonds is 2. The highest BCUT2D eigenvalue weighted by Gasteiger charge is 2.48. The fourth-order valence-electron chi connectivity index (χ4n) is 2.03. The van der Waals surface area contributed by atoms with Gasteiger partial charge < -0.3 is 5.11 Å². The SMILES string of the molecule is CC1C(CCO)N1C(C)(C)C. The molecule has 0 aromatic carbocycles. The van der Waals surface area contributed by atoms with E-state index in [2.05, 4.69) is 32.6 Å². The molecule has 0 bridgehead atoms. The highest BCUT2D eigenvalue weighted by atomic mass is 16.3. The summed E-state index contributed by atoms with van der Waals surface area (Å²) in [5.41, 5.74) is 0.277. The first-order valence-corrected chi connectivity index (χ1v) is 4.38. The van der Waals surface area contributed by atoms with E-state index in [1.54, 1.807) is 0 Å². The molecule has 1 aliphatic rings.